The normalized spacial score (nSPS) is 11.7. The van der Waals surface area contributed by atoms with Crippen LogP contribution in [0.2, 0.25) is 0 Å². The number of rotatable bonds is 4. The van der Waals surface area contributed by atoms with Crippen molar-refractivity contribution < 1.29 is 27.5 Å². The van der Waals surface area contributed by atoms with Crippen LogP contribution < -0.4 is 0 Å². The number of benzene rings is 1. The summed E-state index contributed by atoms with van der Waals surface area (Å²) in [6.45, 7) is 3.55. The summed E-state index contributed by atoms with van der Waals surface area (Å²) < 4.78 is 44.4. The third kappa shape index (κ3) is 2.84. The third-order valence-corrected chi connectivity index (χ3v) is 3.24. The quantitative estimate of drug-likeness (QED) is 0.493. The second-order valence-corrected chi connectivity index (χ2v) is 4.59. The minimum atomic E-state index is -4.47. The van der Waals surface area contributed by atoms with Crippen LogP contribution in [0.25, 0.3) is 10.9 Å². The first-order chi connectivity index (χ1) is 10.3. The summed E-state index contributed by atoms with van der Waals surface area (Å²) in [5.74, 6) is -1.88. The van der Waals surface area contributed by atoms with Crippen LogP contribution in [0, 0.1) is 0 Å². The number of aryl methyl sites for hydroxylation is 1. The summed E-state index contributed by atoms with van der Waals surface area (Å²) in [4.78, 5) is 23.6. The lowest BCUT2D eigenvalue weighted by molar-refractivity contribution is -0.138. The first kappa shape index (κ1) is 16.1. The molecule has 0 spiro atoms. The number of aromatic nitrogens is 1. The summed E-state index contributed by atoms with van der Waals surface area (Å²) in [6, 6.07) is 4.60. The Hall–Kier alpha value is -2.31. The predicted octanol–water partition coefficient (Wildman–Crippen LogP) is 3.43. The molecular formula is C15H14F3NO3. The number of carbonyl (C=O) groups excluding carboxylic acids is 2. The number of Topliss-reactive ketones (excluding diaryl/α,β-unsaturated/α-hetero) is 1. The highest BCUT2D eigenvalue weighted by molar-refractivity contribution is 6.40. The van der Waals surface area contributed by atoms with Gasteiger partial charge in [0, 0.05) is 17.4 Å². The maximum Gasteiger partial charge on any atom is 0.416 e. The van der Waals surface area contributed by atoms with E-state index in [1.165, 1.54) is 16.7 Å². The van der Waals surface area contributed by atoms with Gasteiger partial charge in [-0.2, -0.15) is 13.2 Å². The van der Waals surface area contributed by atoms with Gasteiger partial charge in [-0.25, -0.2) is 4.79 Å². The molecule has 0 fully saturated rings. The molecule has 2 rings (SSSR count). The largest absolute Gasteiger partial charge is 0.460 e. The van der Waals surface area contributed by atoms with E-state index in [9.17, 15) is 22.8 Å². The number of halogens is 3. The number of hydrogen-bond acceptors (Lipinski definition) is 3. The van der Waals surface area contributed by atoms with E-state index in [-0.39, 0.29) is 24.4 Å². The zero-order valence-electron chi connectivity index (χ0n) is 12.0. The van der Waals surface area contributed by atoms with Crippen molar-refractivity contribution in [3.05, 3.63) is 35.5 Å². The van der Waals surface area contributed by atoms with Crippen LogP contribution in [-0.2, 0) is 22.3 Å². The molecule has 0 bridgehead atoms. The van der Waals surface area contributed by atoms with E-state index >= 15 is 0 Å². The highest BCUT2D eigenvalue weighted by Gasteiger charge is 2.31. The summed E-state index contributed by atoms with van der Waals surface area (Å²) in [5, 5.41) is 0.461. The van der Waals surface area contributed by atoms with Crippen LogP contribution in [0.5, 0.6) is 0 Å². The molecule has 0 radical (unpaired) electrons. The Kier molecular flexibility index (Phi) is 4.25. The Morgan fingerprint density at radius 3 is 2.41 bits per heavy atom. The van der Waals surface area contributed by atoms with E-state index in [4.69, 9.17) is 0 Å². The topological polar surface area (TPSA) is 48.3 Å². The number of fused-ring (bicyclic) bond motifs is 1. The summed E-state index contributed by atoms with van der Waals surface area (Å²) in [5.41, 5.74) is -0.525. The molecule has 1 aromatic carbocycles. The molecule has 1 aromatic heterocycles. The van der Waals surface area contributed by atoms with E-state index in [0.29, 0.717) is 5.39 Å². The Morgan fingerprint density at radius 1 is 1.18 bits per heavy atom. The van der Waals surface area contributed by atoms with Gasteiger partial charge in [0.2, 0.25) is 0 Å². The molecule has 0 amide bonds. The Morgan fingerprint density at radius 2 is 1.86 bits per heavy atom. The lowest BCUT2D eigenvalue weighted by Crippen LogP contribution is -2.20. The van der Waals surface area contributed by atoms with E-state index in [2.05, 4.69) is 4.74 Å². The van der Waals surface area contributed by atoms with Gasteiger partial charge >= 0.3 is 12.1 Å². The molecule has 118 valence electrons. The van der Waals surface area contributed by atoms with Crippen LogP contribution in [0.1, 0.15) is 29.9 Å². The van der Waals surface area contributed by atoms with Gasteiger partial charge in [0.05, 0.1) is 17.9 Å². The maximum atomic E-state index is 12.8. The van der Waals surface area contributed by atoms with Gasteiger partial charge < -0.3 is 9.30 Å². The first-order valence-corrected chi connectivity index (χ1v) is 6.71. The van der Waals surface area contributed by atoms with E-state index in [1.807, 2.05) is 0 Å². The van der Waals surface area contributed by atoms with Crippen molar-refractivity contribution in [3.63, 3.8) is 0 Å². The van der Waals surface area contributed by atoms with Crippen molar-refractivity contribution in [1.82, 2.24) is 4.57 Å². The number of hydrogen-bond donors (Lipinski definition) is 0. The Balaban J connectivity index is 2.58. The lowest BCUT2D eigenvalue weighted by atomic mass is 10.1. The van der Waals surface area contributed by atoms with Crippen LogP contribution in [0.3, 0.4) is 0 Å². The Bertz CT molecular complexity index is 731. The molecular weight excluding hydrogens is 299 g/mol. The molecule has 1 heterocycles. The van der Waals surface area contributed by atoms with Gasteiger partial charge in [-0.3, -0.25) is 4.79 Å². The van der Waals surface area contributed by atoms with Crippen molar-refractivity contribution in [2.75, 3.05) is 6.61 Å². The van der Waals surface area contributed by atoms with Crippen molar-refractivity contribution in [2.24, 2.45) is 0 Å². The first-order valence-electron chi connectivity index (χ1n) is 6.71. The fourth-order valence-electron chi connectivity index (χ4n) is 2.26. The molecule has 0 N–H and O–H groups in total. The van der Waals surface area contributed by atoms with Crippen LogP contribution >= 0.6 is 0 Å². The monoisotopic (exact) mass is 313 g/mol. The number of ether oxygens (including phenoxy) is 1. The summed E-state index contributed by atoms with van der Waals surface area (Å²) >= 11 is 0. The van der Waals surface area contributed by atoms with Crippen molar-refractivity contribution in [2.45, 2.75) is 26.6 Å². The number of alkyl halides is 3. The van der Waals surface area contributed by atoms with Gasteiger partial charge in [0.15, 0.2) is 0 Å². The molecule has 0 atom stereocenters. The molecule has 0 aliphatic carbocycles. The van der Waals surface area contributed by atoms with Gasteiger partial charge in [-0.15, -0.1) is 0 Å². The van der Waals surface area contributed by atoms with E-state index in [0.717, 1.165) is 12.1 Å². The number of esters is 1. The minimum absolute atomic E-state index is 0.0234. The fraction of sp³-hybridized carbons (Fsp3) is 0.333. The maximum absolute atomic E-state index is 12.8. The Labute approximate surface area is 124 Å². The van der Waals surface area contributed by atoms with E-state index in [1.54, 1.807) is 13.8 Å². The highest BCUT2D eigenvalue weighted by Crippen LogP contribution is 2.32. The average Bonchev–Trinajstić information content (AvgIpc) is 2.83. The molecule has 2 aromatic rings. The van der Waals surface area contributed by atoms with E-state index < -0.39 is 23.5 Å². The lowest BCUT2D eigenvalue weighted by Gasteiger charge is -2.09. The van der Waals surface area contributed by atoms with Crippen LogP contribution in [0.4, 0.5) is 13.2 Å². The molecule has 7 heteroatoms. The van der Waals surface area contributed by atoms with Gasteiger partial charge in [0.1, 0.15) is 0 Å². The van der Waals surface area contributed by atoms with Crippen molar-refractivity contribution >= 4 is 22.7 Å². The van der Waals surface area contributed by atoms with Crippen LogP contribution in [-0.4, -0.2) is 22.9 Å². The molecule has 0 aliphatic rings. The smallest absolute Gasteiger partial charge is 0.416 e. The van der Waals surface area contributed by atoms with Gasteiger partial charge in [0.25, 0.3) is 5.78 Å². The fourth-order valence-corrected chi connectivity index (χ4v) is 2.26. The zero-order chi connectivity index (χ0) is 16.5. The number of ketones is 1. The van der Waals surface area contributed by atoms with Crippen LogP contribution in [0.15, 0.2) is 24.3 Å². The summed E-state index contributed by atoms with van der Waals surface area (Å²) in [6.07, 6.45) is -4.47. The predicted molar refractivity (Wildman–Crippen MR) is 73.6 cm³/mol. The standard InChI is InChI=1S/C15H14F3NO3/c1-3-19-11-8-10(15(16,17)18)6-5-9(11)7-12(19)13(20)14(21)22-4-2/h5-8H,3-4H2,1-2H3. The van der Waals surface area contributed by atoms with Gasteiger partial charge in [-0.05, 0) is 32.0 Å². The van der Waals surface area contributed by atoms with Crippen molar-refractivity contribution in [3.8, 4) is 0 Å². The minimum Gasteiger partial charge on any atom is -0.460 e. The average molecular weight is 313 g/mol. The molecule has 0 unspecified atom stereocenters. The molecule has 4 nitrogen and oxygen atoms in total. The summed E-state index contributed by atoms with van der Waals surface area (Å²) in [7, 11) is 0. The molecule has 0 aliphatic heterocycles. The molecule has 0 saturated heterocycles. The molecule has 0 saturated carbocycles. The van der Waals surface area contributed by atoms with Crippen molar-refractivity contribution in [1.29, 1.82) is 0 Å². The number of nitrogens with zero attached hydrogens (tertiary/aromatic N) is 1. The second kappa shape index (κ2) is 5.82. The highest BCUT2D eigenvalue weighted by atomic mass is 19.4. The third-order valence-electron chi connectivity index (χ3n) is 3.24. The molecule has 22 heavy (non-hydrogen) atoms. The number of carbonyl (C=O) groups is 2. The SMILES string of the molecule is CCOC(=O)C(=O)c1cc2ccc(C(F)(F)F)cc2n1CC. The second-order valence-electron chi connectivity index (χ2n) is 4.59. The zero-order valence-corrected chi connectivity index (χ0v) is 12.0. The van der Waals surface area contributed by atoms with Gasteiger partial charge in [-0.1, -0.05) is 6.07 Å².